The second kappa shape index (κ2) is 8.42. The van der Waals surface area contributed by atoms with E-state index in [1.807, 2.05) is 0 Å². The molecule has 1 aliphatic rings. The zero-order valence-electron chi connectivity index (χ0n) is 16.2. The van der Waals surface area contributed by atoms with Gasteiger partial charge >= 0.3 is 6.03 Å². The molecule has 1 aromatic carbocycles. The summed E-state index contributed by atoms with van der Waals surface area (Å²) in [6.07, 6.45) is 2.85. The number of nitrogens with one attached hydrogen (secondary N) is 1. The summed E-state index contributed by atoms with van der Waals surface area (Å²) in [7, 11) is 1.60. The predicted octanol–water partition coefficient (Wildman–Crippen LogP) is 2.89. The van der Waals surface area contributed by atoms with Gasteiger partial charge in [0.15, 0.2) is 0 Å². The molecule has 0 bridgehead atoms. The summed E-state index contributed by atoms with van der Waals surface area (Å²) in [4.78, 5) is 30.0. The number of carbonyl (C=O) groups excluding carboxylic acids is 2. The Bertz CT molecular complexity index is 1170. The number of aromatic nitrogens is 3. The van der Waals surface area contributed by atoms with Gasteiger partial charge in [0.1, 0.15) is 18.4 Å². The maximum Gasteiger partial charge on any atom is 0.342 e. The highest BCUT2D eigenvalue weighted by atomic mass is 79.9. The second-order valence-corrected chi connectivity index (χ2v) is 7.79. The van der Waals surface area contributed by atoms with Crippen LogP contribution >= 0.6 is 15.9 Å². The number of carbonyl (C=O) groups is 2. The average molecular weight is 492 g/mol. The minimum absolute atomic E-state index is 0.0515. The van der Waals surface area contributed by atoms with E-state index < -0.39 is 24.0 Å². The Hall–Kier alpha value is -3.34. The zero-order chi connectivity index (χ0) is 22.1. The normalized spacial score (nSPS) is 15.8. The van der Waals surface area contributed by atoms with E-state index >= 15 is 0 Å². The minimum Gasteiger partial charge on any atom is -0.489 e. The molecule has 0 fully saturated rings. The first-order valence-corrected chi connectivity index (χ1v) is 9.96. The Morgan fingerprint density at radius 3 is 2.90 bits per heavy atom. The molecule has 160 valence electrons. The lowest BCUT2D eigenvalue weighted by Gasteiger charge is -2.20. The van der Waals surface area contributed by atoms with Crippen LogP contribution in [0, 0.1) is 11.9 Å². The molecule has 11 heteroatoms. The van der Waals surface area contributed by atoms with Gasteiger partial charge in [0.05, 0.1) is 11.9 Å². The van der Waals surface area contributed by atoms with Crippen molar-refractivity contribution >= 4 is 33.6 Å². The van der Waals surface area contributed by atoms with Crippen molar-refractivity contribution in [2.45, 2.75) is 12.5 Å². The van der Waals surface area contributed by atoms with Gasteiger partial charge in [0, 0.05) is 29.7 Å². The van der Waals surface area contributed by atoms with E-state index in [-0.39, 0.29) is 24.5 Å². The van der Waals surface area contributed by atoms with Gasteiger partial charge in [-0.15, -0.1) is 0 Å². The Morgan fingerprint density at radius 1 is 1.32 bits per heavy atom. The quantitative estimate of drug-likeness (QED) is 0.569. The highest BCUT2D eigenvalue weighted by Gasteiger charge is 2.31. The number of fused-ring (bicyclic) bond motifs is 1. The molecular formula is C20H16BrF2N5O3. The van der Waals surface area contributed by atoms with Gasteiger partial charge in [-0.3, -0.25) is 4.79 Å². The Balaban J connectivity index is 1.46. The average Bonchev–Trinajstić information content (AvgIpc) is 3.17. The van der Waals surface area contributed by atoms with E-state index in [4.69, 9.17) is 4.74 Å². The molecule has 1 aliphatic heterocycles. The first-order valence-electron chi connectivity index (χ1n) is 9.17. The number of nitrogens with zero attached hydrogens (tertiary/aromatic N) is 4. The molecule has 0 saturated carbocycles. The van der Waals surface area contributed by atoms with Crippen molar-refractivity contribution in [1.29, 1.82) is 0 Å². The number of hydrogen-bond acceptors (Lipinski definition) is 5. The largest absolute Gasteiger partial charge is 0.489 e. The van der Waals surface area contributed by atoms with E-state index in [1.54, 1.807) is 25.2 Å². The Morgan fingerprint density at radius 2 is 2.13 bits per heavy atom. The van der Waals surface area contributed by atoms with E-state index in [2.05, 4.69) is 31.3 Å². The maximum absolute atomic E-state index is 13.7. The van der Waals surface area contributed by atoms with Crippen molar-refractivity contribution in [2.75, 3.05) is 18.6 Å². The van der Waals surface area contributed by atoms with Gasteiger partial charge in [-0.1, -0.05) is 15.9 Å². The zero-order valence-corrected chi connectivity index (χ0v) is 17.8. The van der Waals surface area contributed by atoms with Crippen molar-refractivity contribution in [1.82, 2.24) is 20.1 Å². The summed E-state index contributed by atoms with van der Waals surface area (Å²) in [5, 5.41) is 6.56. The highest BCUT2D eigenvalue weighted by Crippen LogP contribution is 2.33. The molecule has 1 atom stereocenters. The van der Waals surface area contributed by atoms with Gasteiger partial charge in [-0.25, -0.2) is 4.79 Å². The number of likely N-dealkylation sites (N-methyl/N-ethyl adjacent to an activating group) is 1. The van der Waals surface area contributed by atoms with Crippen LogP contribution in [0.25, 0.3) is 0 Å². The predicted molar refractivity (Wildman–Crippen MR) is 110 cm³/mol. The van der Waals surface area contributed by atoms with E-state index in [0.717, 1.165) is 15.2 Å². The van der Waals surface area contributed by atoms with Gasteiger partial charge in [0.2, 0.25) is 11.9 Å². The molecular weight excluding hydrogens is 476 g/mol. The van der Waals surface area contributed by atoms with Crippen molar-refractivity contribution in [3.05, 3.63) is 70.2 Å². The van der Waals surface area contributed by atoms with Crippen molar-refractivity contribution < 1.29 is 23.1 Å². The lowest BCUT2D eigenvalue weighted by atomic mass is 10.1. The molecule has 31 heavy (non-hydrogen) atoms. The van der Waals surface area contributed by atoms with Gasteiger partial charge < -0.3 is 15.0 Å². The van der Waals surface area contributed by atoms with Crippen molar-refractivity contribution in [3.63, 3.8) is 0 Å². The fourth-order valence-electron chi connectivity index (χ4n) is 3.15. The summed E-state index contributed by atoms with van der Waals surface area (Å²) < 4.78 is 34.2. The van der Waals surface area contributed by atoms with Gasteiger partial charge in [-0.2, -0.15) is 23.5 Å². The maximum atomic E-state index is 13.7. The van der Waals surface area contributed by atoms with Crippen LogP contribution in [0.5, 0.6) is 5.75 Å². The number of ether oxygens (including phenoxy) is 1. The topological polar surface area (TPSA) is 89.4 Å². The smallest absolute Gasteiger partial charge is 0.342 e. The highest BCUT2D eigenvalue weighted by molar-refractivity contribution is 9.10. The molecule has 0 aliphatic carbocycles. The number of halogens is 3. The van der Waals surface area contributed by atoms with Crippen LogP contribution in [0.15, 0.2) is 47.2 Å². The SMILES string of the molecule is CN1C(=O)[C@H](NC(=O)n2cc(Cc3ccc(F)nc3F)cn2)COc2ccc(Br)cc21. The number of rotatable bonds is 3. The third-order valence-corrected chi connectivity index (χ3v) is 5.24. The first kappa shape index (κ1) is 20.9. The molecule has 1 N–H and O–H groups in total. The summed E-state index contributed by atoms with van der Waals surface area (Å²) in [5.41, 5.74) is 1.26. The van der Waals surface area contributed by atoms with E-state index in [0.29, 0.717) is 17.0 Å². The summed E-state index contributed by atoms with van der Waals surface area (Å²) in [6, 6.07) is 6.03. The lowest BCUT2D eigenvalue weighted by Crippen LogP contribution is -2.50. The van der Waals surface area contributed by atoms with Crippen LogP contribution in [0.1, 0.15) is 11.1 Å². The lowest BCUT2D eigenvalue weighted by molar-refractivity contribution is -0.120. The second-order valence-electron chi connectivity index (χ2n) is 6.88. The molecule has 0 saturated heterocycles. The molecule has 3 aromatic rings. The third-order valence-electron chi connectivity index (χ3n) is 4.74. The van der Waals surface area contributed by atoms with Crippen LogP contribution < -0.4 is 15.0 Å². The molecule has 4 rings (SSSR count). The standard InChI is InChI=1S/C20H16BrF2N5O3/c1-27-15-7-13(21)3-4-16(15)31-10-14(19(27)29)25-20(30)28-9-11(8-24-28)6-12-2-5-17(22)26-18(12)23/h2-5,7-9,14H,6,10H2,1H3,(H,25,30)/t14-/m1/s1. The van der Waals surface area contributed by atoms with Crippen LogP contribution in [0.4, 0.5) is 19.3 Å². The molecule has 2 amide bonds. The molecule has 3 heterocycles. The van der Waals surface area contributed by atoms with Gasteiger partial charge in [-0.05, 0) is 35.9 Å². The Kier molecular flexibility index (Phi) is 5.68. The third kappa shape index (κ3) is 4.41. The number of benzene rings is 1. The summed E-state index contributed by atoms with van der Waals surface area (Å²) in [6.45, 7) is -0.0515. The minimum atomic E-state index is -0.935. The van der Waals surface area contributed by atoms with Gasteiger partial charge in [0.25, 0.3) is 5.91 Å². The fraction of sp³-hybridized carbons (Fsp3) is 0.200. The molecule has 0 radical (unpaired) electrons. The van der Waals surface area contributed by atoms with Crippen molar-refractivity contribution in [3.8, 4) is 5.75 Å². The molecule has 0 unspecified atom stereocenters. The van der Waals surface area contributed by atoms with Crippen LogP contribution in [-0.2, 0) is 11.2 Å². The molecule has 0 spiro atoms. The number of amides is 2. The summed E-state index contributed by atoms with van der Waals surface area (Å²) >= 11 is 3.36. The molecule has 8 nitrogen and oxygen atoms in total. The fourth-order valence-corrected chi connectivity index (χ4v) is 3.49. The number of hydrogen-bond donors (Lipinski definition) is 1. The summed E-state index contributed by atoms with van der Waals surface area (Å²) in [5.74, 6) is -1.66. The molecule has 2 aromatic heterocycles. The number of pyridine rings is 1. The first-order chi connectivity index (χ1) is 14.8. The van der Waals surface area contributed by atoms with E-state index in [1.165, 1.54) is 23.4 Å². The van der Waals surface area contributed by atoms with Crippen LogP contribution in [0.3, 0.4) is 0 Å². The monoisotopic (exact) mass is 491 g/mol. The van der Waals surface area contributed by atoms with Crippen LogP contribution in [0.2, 0.25) is 0 Å². The van der Waals surface area contributed by atoms with E-state index in [9.17, 15) is 18.4 Å². The number of anilines is 1. The van der Waals surface area contributed by atoms with Crippen molar-refractivity contribution in [2.24, 2.45) is 0 Å². The van der Waals surface area contributed by atoms with Crippen LogP contribution in [-0.4, -0.2) is 46.4 Å². The Labute approximate surface area is 184 Å².